The summed E-state index contributed by atoms with van der Waals surface area (Å²) in [5.41, 5.74) is -1.37. The number of nitrogens with zero attached hydrogens (tertiary/aromatic N) is 2. The SMILES string of the molecule is C.C.C1CNC1.CCO[C@@H]([C@H]1C[C@@H](C)[C@H]2[C@H](O1)[C@H](O)[C@@]1(C)[C@@H]3CC[C@H]4C(C)(C)[C@@H](O[C@H]5CN(CC(=O)C6CCC6)CCO5)CC[C@@]45C[C@@]35CC[C@]21C)C(C)(C)O.CCO[C@@H]([C@H]1C[C@@H](C)[C@H]2[C@H](O1)[C@H](O)[C@@]1(C)[C@@H]3CC[C@H]4C(C)(C)[C@@H](O[C@H]5CN(CC(=O)O)CCO5)CC[C@@]45C[C@@]35CC[C@]21C)C(C)(C)O.Cl. The summed E-state index contributed by atoms with van der Waals surface area (Å²) >= 11 is 0. The summed E-state index contributed by atoms with van der Waals surface area (Å²) in [6, 6.07) is 0. The summed E-state index contributed by atoms with van der Waals surface area (Å²) in [4.78, 5) is 28.3. The number of carboxylic acids is 1. The van der Waals surface area contributed by atoms with Gasteiger partial charge in [0, 0.05) is 43.1 Å². The third-order valence-corrected chi connectivity index (χ3v) is 34.2. The Labute approximate surface area is 634 Å². The molecule has 16 aliphatic rings. The minimum atomic E-state index is -1.03. The molecule has 0 amide bonds. The number of morpholine rings is 2. The fraction of sp³-hybridized carbons (Fsp3) is 0.976. The van der Waals surface area contributed by atoms with E-state index in [9.17, 15) is 35.1 Å². The van der Waals surface area contributed by atoms with Crippen LogP contribution in [0, 0.1) is 107 Å². The van der Waals surface area contributed by atoms with Crippen molar-refractivity contribution in [2.24, 2.45) is 107 Å². The van der Waals surface area contributed by atoms with Gasteiger partial charge in [-0.05, 0) is 267 Å². The molecule has 4 spiro atoms. The minimum absolute atomic E-state index is 0. The van der Waals surface area contributed by atoms with Crippen LogP contribution in [-0.2, 0) is 47.5 Å². The Morgan fingerprint density at radius 2 is 0.933 bits per heavy atom. The van der Waals surface area contributed by atoms with E-state index < -0.39 is 41.6 Å². The van der Waals surface area contributed by atoms with Crippen molar-refractivity contribution in [2.75, 3.05) is 78.8 Å². The quantitative estimate of drug-likeness (QED) is 0.0796. The highest BCUT2D eigenvalue weighted by atomic mass is 35.5. The second kappa shape index (κ2) is 29.7. The first-order valence-electron chi connectivity index (χ1n) is 41.3. The maximum absolute atomic E-state index is 12.8. The molecule has 0 unspecified atom stereocenters. The van der Waals surface area contributed by atoms with Crippen LogP contribution in [0.25, 0.3) is 0 Å². The predicted octanol–water partition coefficient (Wildman–Crippen LogP) is 13.2. The van der Waals surface area contributed by atoms with E-state index >= 15 is 0 Å². The summed E-state index contributed by atoms with van der Waals surface area (Å²) in [5.74, 6) is 3.28. The molecule has 5 heterocycles. The fourth-order valence-electron chi connectivity index (χ4n) is 29.0. The van der Waals surface area contributed by atoms with E-state index in [0.717, 1.165) is 83.6 Å². The number of nitrogens with one attached hydrogen (secondary N) is 1. The molecule has 0 aromatic heterocycles. The van der Waals surface area contributed by atoms with E-state index in [2.05, 4.69) is 79.5 Å². The van der Waals surface area contributed by atoms with Crippen LogP contribution < -0.4 is 5.32 Å². The fourth-order valence-corrected chi connectivity index (χ4v) is 29.0. The van der Waals surface area contributed by atoms with E-state index in [-0.39, 0.29) is 144 Å². The molecule has 600 valence electrons. The molecule has 6 N–H and O–H groups in total. The molecule has 11 aliphatic carbocycles. The standard InChI is InChI=1S/C42H69NO7.C38H63NO8.C3H7N.2CH4.ClH/c1-9-47-36(38(5,6)46)28-21-25(2)33-34(49-28)35(45)40(8)30-14-13-29-37(3,4)31(15-16-41(29)24-42(30,41)18-17-39(33,40)7)50-32-23-43(19-20-48-32)22-27(44)26-11-10-12-26;1-9-44-32(34(5,6)43)23-18-22(2)29-30(46-23)31(42)36(8)25-11-10-24-33(3,4)26(47-28-20-39(16-17-45-28)19-27(40)41)12-13-37(24)21-38(25,37)15-14-35(29,36)7;1-2-4-3-1;;;/h25-26,28-36,45-46H,9-24H2,1-8H3;22-26,28-32,42-43H,9-21H2,1-8H3,(H,40,41);4H,1-3H2;2*1H4;1H/t25-,28-,29+,30+,31+,32+,33+,34+,35+,36+,39-,40-,41-,42+;22-,23-,24+,25+,26+,28+,29+,30+,31+,32+,35-,36-,37-,38+;;;;/m11..../s1. The van der Waals surface area contributed by atoms with E-state index in [1.807, 2.05) is 46.4 Å². The second-order valence-corrected chi connectivity index (χ2v) is 40.1. The molecule has 28 atom stereocenters. The van der Waals surface area contributed by atoms with Gasteiger partial charge in [-0.25, -0.2) is 0 Å². The highest BCUT2D eigenvalue weighted by molar-refractivity contribution is 5.85. The first-order chi connectivity index (χ1) is 47.5. The number of ketones is 1. The number of halogens is 1. The molecule has 16 rings (SSSR count). The van der Waals surface area contributed by atoms with Gasteiger partial charge in [0.1, 0.15) is 18.0 Å². The lowest BCUT2D eigenvalue weighted by Gasteiger charge is -2.64. The number of Topliss-reactive ketones (excluding diaryl/α,β-unsaturated/α-hetero) is 1. The van der Waals surface area contributed by atoms with Gasteiger partial charge in [-0.3, -0.25) is 19.4 Å². The number of aliphatic carboxylic acids is 1. The zero-order valence-electron chi connectivity index (χ0n) is 65.9. The summed E-state index contributed by atoms with van der Waals surface area (Å²) in [5, 5.41) is 59.8. The van der Waals surface area contributed by atoms with E-state index in [1.54, 1.807) is 0 Å². The van der Waals surface area contributed by atoms with Crippen LogP contribution in [0.1, 0.15) is 254 Å². The number of carbonyl (C=O) groups is 2. The number of hydrogen-bond donors (Lipinski definition) is 6. The van der Waals surface area contributed by atoms with Gasteiger partial charge in [0.2, 0.25) is 0 Å². The molecule has 5 aliphatic heterocycles. The average molecular weight is 1490 g/mol. The summed E-state index contributed by atoms with van der Waals surface area (Å²) in [7, 11) is 0. The Morgan fingerprint density at radius 3 is 1.28 bits per heavy atom. The summed E-state index contributed by atoms with van der Waals surface area (Å²) in [6.07, 6.45) is 19.4. The number of aliphatic hydroxyl groups is 4. The van der Waals surface area contributed by atoms with Crippen molar-refractivity contribution in [3.8, 4) is 0 Å². The molecule has 19 heteroatoms. The van der Waals surface area contributed by atoms with Crippen molar-refractivity contribution in [2.45, 2.75) is 339 Å². The molecule has 0 aromatic rings. The maximum Gasteiger partial charge on any atom is 0.317 e. The van der Waals surface area contributed by atoms with E-state index in [1.165, 1.54) is 64.5 Å². The lowest BCUT2D eigenvalue weighted by molar-refractivity contribution is -0.249. The highest BCUT2D eigenvalue weighted by Crippen LogP contribution is 2.91. The van der Waals surface area contributed by atoms with Crippen LogP contribution in [0.3, 0.4) is 0 Å². The van der Waals surface area contributed by atoms with Crippen LogP contribution in [0.5, 0.6) is 0 Å². The van der Waals surface area contributed by atoms with Gasteiger partial charge in [0.15, 0.2) is 12.6 Å². The Hall–Kier alpha value is -1.17. The lowest BCUT2D eigenvalue weighted by atomic mass is 9.41. The van der Waals surface area contributed by atoms with E-state index in [4.69, 9.17) is 37.9 Å². The topological polar surface area (TPSA) is 228 Å². The van der Waals surface area contributed by atoms with Gasteiger partial charge >= 0.3 is 5.97 Å². The number of aliphatic hydroxyl groups excluding tert-OH is 2. The molecule has 104 heavy (non-hydrogen) atoms. The summed E-state index contributed by atoms with van der Waals surface area (Å²) in [6.45, 7) is 43.4. The molecule has 5 saturated heterocycles. The molecule has 0 bridgehead atoms. The van der Waals surface area contributed by atoms with Crippen molar-refractivity contribution in [3.63, 3.8) is 0 Å². The molecule has 11 saturated carbocycles. The van der Waals surface area contributed by atoms with Crippen LogP contribution >= 0.6 is 12.4 Å². The first kappa shape index (κ1) is 83.8. The largest absolute Gasteiger partial charge is 0.480 e. The molecule has 18 nitrogen and oxygen atoms in total. The summed E-state index contributed by atoms with van der Waals surface area (Å²) < 4.78 is 52.0. The van der Waals surface area contributed by atoms with E-state index in [0.29, 0.717) is 105 Å². The van der Waals surface area contributed by atoms with Gasteiger partial charge in [-0.15, -0.1) is 12.4 Å². The normalized spacial score (nSPS) is 48.3. The predicted molar refractivity (Wildman–Crippen MR) is 406 cm³/mol. The van der Waals surface area contributed by atoms with Crippen molar-refractivity contribution in [1.29, 1.82) is 0 Å². The van der Waals surface area contributed by atoms with Gasteiger partial charge in [0.05, 0.1) is 99.4 Å². The van der Waals surface area contributed by atoms with Crippen LogP contribution in [0.15, 0.2) is 0 Å². The third kappa shape index (κ3) is 12.9. The second-order valence-electron chi connectivity index (χ2n) is 40.1. The molecular weight excluding hydrogens is 1340 g/mol. The van der Waals surface area contributed by atoms with Crippen molar-refractivity contribution in [3.05, 3.63) is 0 Å². The van der Waals surface area contributed by atoms with Gasteiger partial charge in [0.25, 0.3) is 0 Å². The maximum atomic E-state index is 12.8. The van der Waals surface area contributed by atoms with Crippen molar-refractivity contribution in [1.82, 2.24) is 15.1 Å². The lowest BCUT2D eigenvalue weighted by Crippen LogP contribution is -2.60. The number of fused-ring (bicyclic) bond motifs is 8. The molecule has 16 fully saturated rings. The molecular formula is C85H148ClN3O15. The monoisotopic (exact) mass is 1490 g/mol. The van der Waals surface area contributed by atoms with Gasteiger partial charge < -0.3 is 68.7 Å². The number of rotatable bonds is 17. The Morgan fingerprint density at radius 1 is 0.558 bits per heavy atom. The van der Waals surface area contributed by atoms with Crippen LogP contribution in [0.4, 0.5) is 0 Å². The minimum Gasteiger partial charge on any atom is -0.480 e. The zero-order chi connectivity index (χ0) is 72.4. The third-order valence-electron chi connectivity index (χ3n) is 34.2. The van der Waals surface area contributed by atoms with Crippen molar-refractivity contribution < 1.29 is 73.0 Å². The van der Waals surface area contributed by atoms with Crippen LogP contribution in [-0.4, -0.2) is 211 Å². The van der Waals surface area contributed by atoms with Gasteiger partial charge in [-0.1, -0.05) is 90.5 Å². The van der Waals surface area contributed by atoms with Gasteiger partial charge in [-0.2, -0.15) is 0 Å². The molecule has 0 aromatic carbocycles. The smallest absolute Gasteiger partial charge is 0.317 e. The number of carboxylic acid groups (broad SMARTS) is 1. The zero-order valence-corrected chi connectivity index (χ0v) is 66.7. The Kier molecular flexibility index (Phi) is 23.9. The Bertz CT molecular complexity index is 2990. The van der Waals surface area contributed by atoms with Crippen molar-refractivity contribution >= 4 is 24.2 Å². The first-order valence-corrected chi connectivity index (χ1v) is 41.3. The number of hydrogen-bond acceptors (Lipinski definition) is 17. The Balaban J connectivity index is 0.000000192. The molecule has 0 radical (unpaired) electrons. The van der Waals surface area contributed by atoms with Crippen LogP contribution in [0.2, 0.25) is 0 Å². The number of carbonyl (C=O) groups excluding carboxylic acids is 1. The average Bonchev–Trinajstić information content (AvgIpc) is 1.46. The highest BCUT2D eigenvalue weighted by Gasteiger charge is 2.87. The number of ether oxygens (including phenoxy) is 8.